The Hall–Kier alpha value is -2.17. The van der Waals surface area contributed by atoms with Crippen LogP contribution in [0.5, 0.6) is 0 Å². The largest absolute Gasteiger partial charge is 0.462 e. The van der Waals surface area contributed by atoms with Crippen LogP contribution in [0.4, 0.5) is 5.00 Å². The van der Waals surface area contributed by atoms with E-state index in [-0.39, 0.29) is 23.7 Å². The number of hydrogen-bond acceptors (Lipinski definition) is 8. The lowest BCUT2D eigenvalue weighted by Crippen LogP contribution is -2.17. The average molecular weight is 545 g/mol. The van der Waals surface area contributed by atoms with Crippen LogP contribution < -0.4 is 5.32 Å². The van der Waals surface area contributed by atoms with Gasteiger partial charge in [0.1, 0.15) is 5.00 Å². The van der Waals surface area contributed by atoms with Crippen molar-refractivity contribution >= 4 is 51.3 Å². The van der Waals surface area contributed by atoms with Crippen LogP contribution in [0.3, 0.4) is 0 Å². The first-order valence-electron chi connectivity index (χ1n) is 12.7. The van der Waals surface area contributed by atoms with E-state index in [1.807, 2.05) is 11.3 Å². The first-order chi connectivity index (χ1) is 17.4. The maximum atomic E-state index is 13.0. The van der Waals surface area contributed by atoms with Crippen molar-refractivity contribution in [2.45, 2.75) is 77.4 Å². The lowest BCUT2D eigenvalue weighted by molar-refractivity contribution is -0.113. The van der Waals surface area contributed by atoms with Gasteiger partial charge in [0.2, 0.25) is 5.91 Å². The third-order valence-electron chi connectivity index (χ3n) is 6.81. The monoisotopic (exact) mass is 544 g/mol. The number of carbonyl (C=O) groups is 2. The summed E-state index contributed by atoms with van der Waals surface area (Å²) in [6, 6.07) is 0.161. The number of ether oxygens (including phenoxy) is 1. The van der Waals surface area contributed by atoms with E-state index < -0.39 is 0 Å². The van der Waals surface area contributed by atoms with Crippen LogP contribution in [0.15, 0.2) is 10.5 Å². The normalized spacial score (nSPS) is 16.8. The van der Waals surface area contributed by atoms with Gasteiger partial charge in [-0.15, -0.1) is 32.9 Å². The molecule has 1 atom stereocenters. The van der Waals surface area contributed by atoms with Gasteiger partial charge < -0.3 is 10.1 Å². The molecule has 1 unspecified atom stereocenters. The van der Waals surface area contributed by atoms with Crippen molar-refractivity contribution in [3.05, 3.63) is 31.8 Å². The van der Waals surface area contributed by atoms with E-state index >= 15 is 0 Å². The van der Waals surface area contributed by atoms with Crippen LogP contribution in [-0.4, -0.2) is 39.0 Å². The summed E-state index contributed by atoms with van der Waals surface area (Å²) < 4.78 is 7.42. The summed E-state index contributed by atoms with van der Waals surface area (Å²) in [5.41, 5.74) is 4.18. The zero-order valence-electron chi connectivity index (χ0n) is 21.2. The van der Waals surface area contributed by atoms with Gasteiger partial charge in [0, 0.05) is 26.7 Å². The number of carbonyl (C=O) groups excluding carboxylic acids is 2. The van der Waals surface area contributed by atoms with Crippen molar-refractivity contribution in [2.75, 3.05) is 17.7 Å². The van der Waals surface area contributed by atoms with Crippen LogP contribution in [0.1, 0.15) is 77.8 Å². The second-order valence-electron chi connectivity index (χ2n) is 9.79. The Labute approximate surface area is 224 Å². The summed E-state index contributed by atoms with van der Waals surface area (Å²) in [4.78, 5) is 28.2. The first-order valence-corrected chi connectivity index (χ1v) is 15.3. The molecule has 3 heterocycles. The van der Waals surface area contributed by atoms with Gasteiger partial charge in [0.05, 0.1) is 17.9 Å². The van der Waals surface area contributed by atoms with Crippen LogP contribution in [0.25, 0.3) is 11.4 Å². The first kappa shape index (κ1) is 25.5. The Balaban J connectivity index is 1.32. The van der Waals surface area contributed by atoms with E-state index in [1.165, 1.54) is 50.4 Å². The van der Waals surface area contributed by atoms with Crippen molar-refractivity contribution in [3.8, 4) is 11.4 Å². The highest BCUT2D eigenvalue weighted by atomic mass is 32.2. The number of rotatable bonds is 8. The summed E-state index contributed by atoms with van der Waals surface area (Å²) in [6.07, 6.45) is 6.26. The number of fused-ring (bicyclic) bond motifs is 2. The van der Waals surface area contributed by atoms with Gasteiger partial charge in [0.25, 0.3) is 0 Å². The van der Waals surface area contributed by atoms with Crippen molar-refractivity contribution in [1.82, 2.24) is 14.8 Å². The lowest BCUT2D eigenvalue weighted by atomic mass is 9.88. The van der Waals surface area contributed by atoms with E-state index in [1.54, 1.807) is 6.92 Å². The molecule has 36 heavy (non-hydrogen) atoms. The Bertz CT molecular complexity index is 1290. The van der Waals surface area contributed by atoms with E-state index in [2.05, 4.69) is 46.2 Å². The molecule has 192 valence electrons. The summed E-state index contributed by atoms with van der Waals surface area (Å²) in [5, 5.41) is 15.6. The quantitative estimate of drug-likeness (QED) is 0.270. The van der Waals surface area contributed by atoms with Crippen LogP contribution in [-0.2, 0) is 35.2 Å². The summed E-state index contributed by atoms with van der Waals surface area (Å²) in [7, 11) is 0. The van der Waals surface area contributed by atoms with Gasteiger partial charge in [-0.25, -0.2) is 4.79 Å². The minimum Gasteiger partial charge on any atom is -0.462 e. The number of aromatic nitrogens is 3. The van der Waals surface area contributed by atoms with Crippen molar-refractivity contribution in [3.63, 3.8) is 0 Å². The van der Waals surface area contributed by atoms with Gasteiger partial charge in [0.15, 0.2) is 11.0 Å². The number of thioether (sulfide) groups is 1. The number of thiophene rings is 2. The standard InChI is InChI=1S/C26H32N4O3S3/c1-5-33-25(32)22-17-7-6-8-19(17)36-24(22)27-21(31)13-35-26-29-28-23(30(26)14(2)3)18-12-34-20-11-15(4)9-10-16(18)20/h12,14-15H,5-11,13H2,1-4H3,(H,27,31). The fourth-order valence-electron chi connectivity index (χ4n) is 5.09. The average Bonchev–Trinajstić information content (AvgIpc) is 3.59. The van der Waals surface area contributed by atoms with E-state index in [9.17, 15) is 9.59 Å². The van der Waals surface area contributed by atoms with Crippen molar-refractivity contribution in [1.29, 1.82) is 0 Å². The molecule has 0 saturated carbocycles. The summed E-state index contributed by atoms with van der Waals surface area (Å²) in [6.45, 7) is 8.67. The molecule has 2 aliphatic rings. The number of anilines is 1. The zero-order chi connectivity index (χ0) is 25.4. The number of nitrogens with zero attached hydrogens (tertiary/aromatic N) is 3. The van der Waals surface area contributed by atoms with E-state index in [0.717, 1.165) is 54.6 Å². The third kappa shape index (κ3) is 4.87. The molecule has 0 spiro atoms. The maximum Gasteiger partial charge on any atom is 0.341 e. The summed E-state index contributed by atoms with van der Waals surface area (Å²) >= 11 is 4.71. The van der Waals surface area contributed by atoms with Gasteiger partial charge in [-0.2, -0.15) is 0 Å². The fourth-order valence-corrected chi connectivity index (χ4v) is 8.50. The molecule has 5 rings (SSSR count). The molecule has 3 aromatic rings. The molecule has 0 saturated heterocycles. The molecule has 1 amide bonds. The number of esters is 1. The van der Waals surface area contributed by atoms with Gasteiger partial charge in [-0.05, 0) is 76.3 Å². The molecular weight excluding hydrogens is 513 g/mol. The second kappa shape index (κ2) is 10.7. The molecule has 0 radical (unpaired) electrons. The number of amides is 1. The molecular formula is C26H32N4O3S3. The smallest absolute Gasteiger partial charge is 0.341 e. The highest BCUT2D eigenvalue weighted by molar-refractivity contribution is 7.99. The Kier molecular flexibility index (Phi) is 7.55. The Morgan fingerprint density at radius 3 is 2.83 bits per heavy atom. The maximum absolute atomic E-state index is 13.0. The summed E-state index contributed by atoms with van der Waals surface area (Å²) in [5.74, 6) is 1.30. The SMILES string of the molecule is CCOC(=O)c1c(NC(=O)CSc2nnc(-c3csc4c3CCC(C)C4)n2C(C)C)sc2c1CCC2. The molecule has 10 heteroatoms. The molecule has 0 aliphatic heterocycles. The predicted molar refractivity (Wildman–Crippen MR) is 147 cm³/mol. The minimum absolute atomic E-state index is 0.160. The predicted octanol–water partition coefficient (Wildman–Crippen LogP) is 6.17. The molecule has 1 N–H and O–H groups in total. The van der Waals surface area contributed by atoms with E-state index in [0.29, 0.717) is 17.2 Å². The third-order valence-corrected chi connectivity index (χ3v) is 10.0. The zero-order valence-corrected chi connectivity index (χ0v) is 23.6. The highest BCUT2D eigenvalue weighted by Gasteiger charge is 2.29. The minimum atomic E-state index is -0.350. The van der Waals surface area contributed by atoms with E-state index in [4.69, 9.17) is 4.74 Å². The Morgan fingerprint density at radius 1 is 1.22 bits per heavy atom. The molecule has 2 aliphatic carbocycles. The number of nitrogens with one attached hydrogen (secondary N) is 1. The fraction of sp³-hybridized carbons (Fsp3) is 0.538. The van der Waals surface area contributed by atoms with Gasteiger partial charge in [-0.1, -0.05) is 18.7 Å². The molecule has 7 nitrogen and oxygen atoms in total. The van der Waals surface area contributed by atoms with Gasteiger partial charge in [-0.3, -0.25) is 9.36 Å². The van der Waals surface area contributed by atoms with Crippen molar-refractivity contribution in [2.24, 2.45) is 5.92 Å². The molecule has 3 aromatic heterocycles. The topological polar surface area (TPSA) is 86.1 Å². The highest BCUT2D eigenvalue weighted by Crippen LogP contribution is 2.41. The number of aryl methyl sites for hydroxylation is 1. The molecule has 0 aromatic carbocycles. The van der Waals surface area contributed by atoms with Crippen LogP contribution >= 0.6 is 34.4 Å². The lowest BCUT2D eigenvalue weighted by Gasteiger charge is -2.19. The molecule has 0 bridgehead atoms. The second-order valence-corrected chi connectivity index (χ2v) is 12.8. The van der Waals surface area contributed by atoms with Gasteiger partial charge >= 0.3 is 5.97 Å². The Morgan fingerprint density at radius 2 is 2.06 bits per heavy atom. The molecule has 0 fully saturated rings. The number of hydrogen-bond donors (Lipinski definition) is 1. The van der Waals surface area contributed by atoms with Crippen LogP contribution in [0, 0.1) is 5.92 Å². The van der Waals surface area contributed by atoms with Crippen molar-refractivity contribution < 1.29 is 14.3 Å². The van der Waals surface area contributed by atoms with Crippen LogP contribution in [0.2, 0.25) is 0 Å².